The summed E-state index contributed by atoms with van der Waals surface area (Å²) in [7, 11) is 3.45. The minimum absolute atomic E-state index is 0.260. The van der Waals surface area contributed by atoms with E-state index in [0.29, 0.717) is 10.8 Å². The van der Waals surface area contributed by atoms with Crippen molar-refractivity contribution < 1.29 is 4.74 Å². The lowest BCUT2D eigenvalue weighted by atomic mass is 10.1. The van der Waals surface area contributed by atoms with Crippen LogP contribution in [-0.4, -0.2) is 24.1 Å². The first-order valence-corrected chi connectivity index (χ1v) is 6.83. The summed E-state index contributed by atoms with van der Waals surface area (Å²) in [5.74, 6) is 2.50. The van der Waals surface area contributed by atoms with Crippen LogP contribution in [-0.2, 0) is 0 Å². The van der Waals surface area contributed by atoms with E-state index in [2.05, 4.69) is 29.1 Å². The second-order valence-electron chi connectivity index (χ2n) is 4.75. The van der Waals surface area contributed by atoms with E-state index in [9.17, 15) is 0 Å². The van der Waals surface area contributed by atoms with Crippen molar-refractivity contribution in [3.05, 3.63) is 35.1 Å². The van der Waals surface area contributed by atoms with Crippen LogP contribution >= 0.6 is 11.6 Å². The lowest BCUT2D eigenvalue weighted by Crippen LogP contribution is -2.03. The van der Waals surface area contributed by atoms with Gasteiger partial charge in [0.25, 0.3) is 0 Å². The van der Waals surface area contributed by atoms with Crippen LogP contribution in [0.1, 0.15) is 25.6 Å². The lowest BCUT2D eigenvalue weighted by molar-refractivity contribution is 0.415. The van der Waals surface area contributed by atoms with Gasteiger partial charge in [0, 0.05) is 24.6 Å². The molecule has 0 aliphatic rings. The lowest BCUT2D eigenvalue weighted by Gasteiger charge is -2.11. The summed E-state index contributed by atoms with van der Waals surface area (Å²) in [6.45, 7) is 4.14. The molecule has 0 bridgehead atoms. The Labute approximate surface area is 124 Å². The number of nitrogens with zero attached hydrogens (tertiary/aromatic N) is 2. The van der Waals surface area contributed by atoms with Crippen molar-refractivity contribution in [2.45, 2.75) is 19.8 Å². The molecule has 0 aliphatic carbocycles. The number of ether oxygens (including phenoxy) is 1. The summed E-state index contributed by atoms with van der Waals surface area (Å²) in [6, 6.07) is 7.53. The molecule has 0 aliphatic heterocycles. The molecule has 1 heterocycles. The van der Waals surface area contributed by atoms with Crippen LogP contribution in [0.15, 0.2) is 24.3 Å². The van der Waals surface area contributed by atoms with Gasteiger partial charge in [-0.15, -0.1) is 0 Å². The first-order chi connectivity index (χ1) is 9.55. The molecule has 2 aromatic rings. The van der Waals surface area contributed by atoms with E-state index >= 15 is 0 Å². The molecular formula is C15H18ClN3O. The maximum absolute atomic E-state index is 6.05. The molecule has 0 saturated carbocycles. The minimum atomic E-state index is 0.260. The Bertz CT molecular complexity index is 614. The summed E-state index contributed by atoms with van der Waals surface area (Å²) in [5, 5.41) is 3.65. The Morgan fingerprint density at radius 2 is 1.95 bits per heavy atom. The fraction of sp³-hybridized carbons (Fsp3) is 0.333. The third kappa shape index (κ3) is 3.02. The van der Waals surface area contributed by atoms with Gasteiger partial charge in [0.05, 0.1) is 17.8 Å². The second kappa shape index (κ2) is 6.09. The van der Waals surface area contributed by atoms with Crippen LogP contribution in [0.2, 0.25) is 5.02 Å². The minimum Gasteiger partial charge on any atom is -0.495 e. The molecule has 1 aromatic heterocycles. The normalized spacial score (nSPS) is 10.7. The average Bonchev–Trinajstić information content (AvgIpc) is 2.47. The van der Waals surface area contributed by atoms with E-state index in [0.717, 1.165) is 22.9 Å². The Balaban J connectivity index is 2.53. The Morgan fingerprint density at radius 3 is 2.55 bits per heavy atom. The second-order valence-corrected chi connectivity index (χ2v) is 5.16. The number of anilines is 1. The van der Waals surface area contributed by atoms with E-state index in [-0.39, 0.29) is 5.92 Å². The fourth-order valence-electron chi connectivity index (χ4n) is 1.82. The van der Waals surface area contributed by atoms with Gasteiger partial charge in [0.2, 0.25) is 0 Å². The molecule has 0 fully saturated rings. The van der Waals surface area contributed by atoms with Crippen molar-refractivity contribution in [1.82, 2.24) is 9.97 Å². The van der Waals surface area contributed by atoms with Crippen LogP contribution in [0.5, 0.6) is 5.75 Å². The number of methoxy groups -OCH3 is 1. The van der Waals surface area contributed by atoms with Crippen LogP contribution in [0.25, 0.3) is 11.3 Å². The van der Waals surface area contributed by atoms with Gasteiger partial charge in [-0.3, -0.25) is 0 Å². The SMILES string of the molecule is CNc1cc(-c2ccc(Cl)c(OC)c2)nc(C(C)C)n1. The predicted molar refractivity (Wildman–Crippen MR) is 82.7 cm³/mol. The Morgan fingerprint density at radius 1 is 1.20 bits per heavy atom. The standard InChI is InChI=1S/C15H18ClN3O/c1-9(2)15-18-12(8-14(17-3)19-15)10-5-6-11(16)13(7-10)20-4/h5-9H,1-4H3,(H,17,18,19). The smallest absolute Gasteiger partial charge is 0.138 e. The number of benzene rings is 1. The van der Waals surface area contributed by atoms with Gasteiger partial charge in [-0.05, 0) is 12.1 Å². The van der Waals surface area contributed by atoms with Gasteiger partial charge >= 0.3 is 0 Å². The zero-order chi connectivity index (χ0) is 14.7. The number of aromatic nitrogens is 2. The molecule has 0 unspecified atom stereocenters. The Hall–Kier alpha value is -1.81. The van der Waals surface area contributed by atoms with E-state index in [1.165, 1.54) is 0 Å². The molecule has 5 heteroatoms. The molecule has 1 aromatic carbocycles. The third-order valence-corrected chi connectivity index (χ3v) is 3.28. The molecule has 2 rings (SSSR count). The summed E-state index contributed by atoms with van der Waals surface area (Å²) in [6.07, 6.45) is 0. The highest BCUT2D eigenvalue weighted by Crippen LogP contribution is 2.30. The maximum Gasteiger partial charge on any atom is 0.138 e. The first-order valence-electron chi connectivity index (χ1n) is 6.45. The zero-order valence-corrected chi connectivity index (χ0v) is 12.8. The highest BCUT2D eigenvalue weighted by molar-refractivity contribution is 6.32. The quantitative estimate of drug-likeness (QED) is 0.926. The molecule has 0 amide bonds. The van der Waals surface area contributed by atoms with Gasteiger partial charge < -0.3 is 10.1 Å². The highest BCUT2D eigenvalue weighted by Gasteiger charge is 2.10. The van der Waals surface area contributed by atoms with Gasteiger partial charge in [-0.2, -0.15) is 0 Å². The summed E-state index contributed by atoms with van der Waals surface area (Å²) in [4.78, 5) is 9.06. The Kier molecular flexibility index (Phi) is 4.45. The van der Waals surface area contributed by atoms with Gasteiger partial charge in [0.1, 0.15) is 17.4 Å². The molecule has 1 N–H and O–H groups in total. The monoisotopic (exact) mass is 291 g/mol. The van der Waals surface area contributed by atoms with Gasteiger partial charge in [-0.25, -0.2) is 9.97 Å². The van der Waals surface area contributed by atoms with Crippen molar-refractivity contribution in [3.8, 4) is 17.0 Å². The molecular weight excluding hydrogens is 274 g/mol. The van der Waals surface area contributed by atoms with E-state index < -0.39 is 0 Å². The summed E-state index contributed by atoms with van der Waals surface area (Å²) >= 11 is 6.05. The van der Waals surface area contributed by atoms with E-state index in [4.69, 9.17) is 16.3 Å². The van der Waals surface area contributed by atoms with Gasteiger partial charge in [-0.1, -0.05) is 31.5 Å². The number of nitrogens with one attached hydrogen (secondary N) is 1. The van der Waals surface area contributed by atoms with Crippen molar-refractivity contribution in [2.24, 2.45) is 0 Å². The van der Waals surface area contributed by atoms with Gasteiger partial charge in [0.15, 0.2) is 0 Å². The average molecular weight is 292 g/mol. The topological polar surface area (TPSA) is 47.0 Å². The predicted octanol–water partition coefficient (Wildman–Crippen LogP) is 3.97. The molecule has 0 spiro atoms. The molecule has 106 valence electrons. The number of halogens is 1. The summed E-state index contributed by atoms with van der Waals surface area (Å²) in [5.41, 5.74) is 1.80. The van der Waals surface area contributed by atoms with E-state index in [1.54, 1.807) is 7.11 Å². The molecule has 20 heavy (non-hydrogen) atoms. The highest BCUT2D eigenvalue weighted by atomic mass is 35.5. The van der Waals surface area contributed by atoms with Crippen LogP contribution in [0, 0.1) is 0 Å². The summed E-state index contributed by atoms with van der Waals surface area (Å²) < 4.78 is 5.25. The van der Waals surface area contributed by atoms with Crippen molar-refractivity contribution in [2.75, 3.05) is 19.5 Å². The van der Waals surface area contributed by atoms with Crippen molar-refractivity contribution >= 4 is 17.4 Å². The van der Waals surface area contributed by atoms with Crippen molar-refractivity contribution in [1.29, 1.82) is 0 Å². The maximum atomic E-state index is 6.05. The first kappa shape index (κ1) is 14.6. The van der Waals surface area contributed by atoms with Crippen LogP contribution in [0.4, 0.5) is 5.82 Å². The number of rotatable bonds is 4. The number of hydrogen-bond donors (Lipinski definition) is 1. The molecule has 4 nitrogen and oxygen atoms in total. The van der Waals surface area contributed by atoms with Crippen LogP contribution in [0.3, 0.4) is 0 Å². The van der Waals surface area contributed by atoms with Crippen molar-refractivity contribution in [3.63, 3.8) is 0 Å². The molecule has 0 atom stereocenters. The largest absolute Gasteiger partial charge is 0.495 e. The molecule has 0 radical (unpaired) electrons. The fourth-order valence-corrected chi connectivity index (χ4v) is 2.01. The zero-order valence-electron chi connectivity index (χ0n) is 12.1. The number of hydrogen-bond acceptors (Lipinski definition) is 4. The third-order valence-electron chi connectivity index (χ3n) is 2.96. The van der Waals surface area contributed by atoms with E-state index in [1.807, 2.05) is 31.3 Å². The van der Waals surface area contributed by atoms with Crippen LogP contribution < -0.4 is 10.1 Å². The molecule has 0 saturated heterocycles.